The molecule has 1 unspecified atom stereocenters. The molecular formula is C14H18ClNO2. The van der Waals surface area contributed by atoms with E-state index in [0.29, 0.717) is 25.4 Å². The highest BCUT2D eigenvalue weighted by Gasteiger charge is 2.31. The molecule has 1 aromatic carbocycles. The van der Waals surface area contributed by atoms with Gasteiger partial charge in [0.2, 0.25) is 0 Å². The number of para-hydroxylation sites is 1. The Labute approximate surface area is 113 Å². The molecule has 3 nitrogen and oxygen atoms in total. The average Bonchev–Trinajstić information content (AvgIpc) is 2.83. The Morgan fingerprint density at radius 2 is 2.28 bits per heavy atom. The van der Waals surface area contributed by atoms with Gasteiger partial charge >= 0.3 is 0 Å². The second-order valence-corrected chi connectivity index (χ2v) is 4.76. The minimum absolute atomic E-state index is 0.0683. The first-order valence-corrected chi connectivity index (χ1v) is 6.89. The quantitative estimate of drug-likeness (QED) is 0.767. The summed E-state index contributed by atoms with van der Waals surface area (Å²) in [5, 5.41) is 0. The Hall–Kier alpha value is -1.22. The van der Waals surface area contributed by atoms with Crippen LogP contribution in [0.3, 0.4) is 0 Å². The van der Waals surface area contributed by atoms with Gasteiger partial charge in [-0.3, -0.25) is 4.79 Å². The number of likely N-dealkylation sites (N-methyl/N-ethyl adjacent to an activating group) is 1. The minimum Gasteiger partial charge on any atom is -0.480 e. The van der Waals surface area contributed by atoms with E-state index in [-0.39, 0.29) is 12.0 Å². The summed E-state index contributed by atoms with van der Waals surface area (Å²) >= 11 is 5.67. The number of hydrogen-bond donors (Lipinski definition) is 0. The van der Waals surface area contributed by atoms with Gasteiger partial charge in [-0.1, -0.05) is 18.2 Å². The molecule has 0 saturated heterocycles. The fourth-order valence-corrected chi connectivity index (χ4v) is 2.32. The lowest BCUT2D eigenvalue weighted by Crippen LogP contribution is -2.41. The van der Waals surface area contributed by atoms with Crippen LogP contribution in [-0.4, -0.2) is 35.9 Å². The van der Waals surface area contributed by atoms with Crippen molar-refractivity contribution in [2.45, 2.75) is 25.9 Å². The van der Waals surface area contributed by atoms with Gasteiger partial charge in [0.25, 0.3) is 5.91 Å². The highest BCUT2D eigenvalue weighted by Crippen LogP contribution is 2.28. The molecule has 18 heavy (non-hydrogen) atoms. The molecule has 0 spiro atoms. The van der Waals surface area contributed by atoms with Gasteiger partial charge in [0.15, 0.2) is 6.10 Å². The molecule has 2 rings (SSSR count). The van der Waals surface area contributed by atoms with Crippen molar-refractivity contribution >= 4 is 17.5 Å². The Bertz CT molecular complexity index is 397. The smallest absolute Gasteiger partial charge is 0.263 e. The molecule has 0 radical (unpaired) electrons. The van der Waals surface area contributed by atoms with E-state index in [9.17, 15) is 4.79 Å². The monoisotopic (exact) mass is 267 g/mol. The maximum absolute atomic E-state index is 12.3. The molecule has 1 aromatic rings. The Kier molecular flexibility index (Phi) is 4.48. The molecule has 0 bridgehead atoms. The predicted octanol–water partition coefficient (Wildman–Crippen LogP) is 2.47. The van der Waals surface area contributed by atoms with Crippen molar-refractivity contribution in [1.82, 2.24) is 4.90 Å². The summed E-state index contributed by atoms with van der Waals surface area (Å²) in [5.41, 5.74) is 1.12. The summed E-state index contributed by atoms with van der Waals surface area (Å²) < 4.78 is 5.71. The lowest BCUT2D eigenvalue weighted by molar-refractivity contribution is -0.137. The highest BCUT2D eigenvalue weighted by atomic mass is 35.5. The zero-order valence-electron chi connectivity index (χ0n) is 10.6. The van der Waals surface area contributed by atoms with E-state index < -0.39 is 0 Å². The van der Waals surface area contributed by atoms with Crippen molar-refractivity contribution in [3.05, 3.63) is 29.8 Å². The lowest BCUT2D eigenvalue weighted by Gasteiger charge is -2.23. The van der Waals surface area contributed by atoms with Crippen molar-refractivity contribution in [3.8, 4) is 5.75 Å². The van der Waals surface area contributed by atoms with Crippen LogP contribution in [0.25, 0.3) is 0 Å². The van der Waals surface area contributed by atoms with E-state index in [1.54, 1.807) is 0 Å². The number of benzene rings is 1. The summed E-state index contributed by atoms with van der Waals surface area (Å²) in [6.07, 6.45) is 1.13. The van der Waals surface area contributed by atoms with Crippen LogP contribution in [0.1, 0.15) is 18.9 Å². The maximum atomic E-state index is 12.3. The summed E-state index contributed by atoms with van der Waals surface area (Å²) in [5.74, 6) is 1.48. The van der Waals surface area contributed by atoms with E-state index in [0.717, 1.165) is 17.7 Å². The third kappa shape index (κ3) is 2.78. The summed E-state index contributed by atoms with van der Waals surface area (Å²) in [4.78, 5) is 14.1. The largest absolute Gasteiger partial charge is 0.480 e. The number of fused-ring (bicyclic) bond motifs is 1. The fraction of sp³-hybridized carbons (Fsp3) is 0.500. The zero-order chi connectivity index (χ0) is 13.0. The molecular weight excluding hydrogens is 250 g/mol. The zero-order valence-corrected chi connectivity index (χ0v) is 11.3. The summed E-state index contributed by atoms with van der Waals surface area (Å²) in [6, 6.07) is 7.83. The van der Waals surface area contributed by atoms with Crippen LogP contribution in [-0.2, 0) is 11.2 Å². The molecule has 0 saturated carbocycles. The van der Waals surface area contributed by atoms with Gasteiger partial charge < -0.3 is 9.64 Å². The molecule has 1 aliphatic heterocycles. The lowest BCUT2D eigenvalue weighted by atomic mass is 10.1. The van der Waals surface area contributed by atoms with Gasteiger partial charge in [-0.2, -0.15) is 0 Å². The van der Waals surface area contributed by atoms with Crippen LogP contribution in [0.2, 0.25) is 0 Å². The average molecular weight is 268 g/mol. The van der Waals surface area contributed by atoms with Crippen molar-refractivity contribution < 1.29 is 9.53 Å². The topological polar surface area (TPSA) is 29.5 Å². The molecule has 1 heterocycles. The van der Waals surface area contributed by atoms with Crippen molar-refractivity contribution in [2.24, 2.45) is 0 Å². The SMILES string of the molecule is CCN(CCCCl)C(=O)C1Cc2ccccc2O1. The van der Waals surface area contributed by atoms with E-state index in [1.165, 1.54) is 0 Å². The van der Waals surface area contributed by atoms with Crippen LogP contribution in [0.4, 0.5) is 0 Å². The third-order valence-electron chi connectivity index (χ3n) is 3.18. The Morgan fingerprint density at radius 3 is 2.94 bits per heavy atom. The second kappa shape index (κ2) is 6.10. The molecule has 1 aliphatic rings. The molecule has 0 aromatic heterocycles. The van der Waals surface area contributed by atoms with Gasteiger partial charge in [-0.25, -0.2) is 0 Å². The first-order valence-electron chi connectivity index (χ1n) is 6.35. The molecule has 4 heteroatoms. The van der Waals surface area contributed by atoms with Crippen molar-refractivity contribution in [2.75, 3.05) is 19.0 Å². The van der Waals surface area contributed by atoms with Crippen molar-refractivity contribution in [3.63, 3.8) is 0 Å². The normalized spacial score (nSPS) is 17.1. The van der Waals surface area contributed by atoms with Gasteiger partial charge in [0.1, 0.15) is 5.75 Å². The molecule has 98 valence electrons. The van der Waals surface area contributed by atoms with Crippen LogP contribution < -0.4 is 4.74 Å². The Balaban J connectivity index is 1.99. The third-order valence-corrected chi connectivity index (χ3v) is 3.44. The number of rotatable bonds is 5. The van der Waals surface area contributed by atoms with Gasteiger partial charge in [0, 0.05) is 25.4 Å². The number of carbonyl (C=O) groups is 1. The van der Waals surface area contributed by atoms with Crippen LogP contribution in [0, 0.1) is 0 Å². The molecule has 1 amide bonds. The number of nitrogens with zero attached hydrogens (tertiary/aromatic N) is 1. The Morgan fingerprint density at radius 1 is 1.50 bits per heavy atom. The first-order chi connectivity index (χ1) is 8.76. The van der Waals surface area contributed by atoms with E-state index in [4.69, 9.17) is 16.3 Å². The van der Waals surface area contributed by atoms with Crippen LogP contribution >= 0.6 is 11.6 Å². The van der Waals surface area contributed by atoms with Crippen molar-refractivity contribution in [1.29, 1.82) is 0 Å². The van der Waals surface area contributed by atoms with E-state index in [2.05, 4.69) is 0 Å². The molecule has 1 atom stereocenters. The van der Waals surface area contributed by atoms with Gasteiger partial charge in [-0.05, 0) is 25.0 Å². The minimum atomic E-state index is -0.363. The molecule has 0 aliphatic carbocycles. The number of carbonyl (C=O) groups excluding carboxylic acids is 1. The predicted molar refractivity (Wildman–Crippen MR) is 72.2 cm³/mol. The number of hydrogen-bond acceptors (Lipinski definition) is 2. The summed E-state index contributed by atoms with van der Waals surface area (Å²) in [7, 11) is 0. The summed E-state index contributed by atoms with van der Waals surface area (Å²) in [6.45, 7) is 3.38. The van der Waals surface area contributed by atoms with Crippen LogP contribution in [0.5, 0.6) is 5.75 Å². The van der Waals surface area contributed by atoms with Gasteiger partial charge in [-0.15, -0.1) is 11.6 Å². The number of alkyl halides is 1. The first kappa shape index (κ1) is 13.2. The highest BCUT2D eigenvalue weighted by molar-refractivity contribution is 6.17. The maximum Gasteiger partial charge on any atom is 0.263 e. The number of ether oxygens (including phenoxy) is 1. The number of halogens is 1. The second-order valence-electron chi connectivity index (χ2n) is 4.38. The van der Waals surface area contributed by atoms with Gasteiger partial charge in [0.05, 0.1) is 0 Å². The molecule has 0 N–H and O–H groups in total. The molecule has 0 fully saturated rings. The van der Waals surface area contributed by atoms with E-state index >= 15 is 0 Å². The fourth-order valence-electron chi connectivity index (χ4n) is 2.20. The van der Waals surface area contributed by atoms with Crippen LogP contribution in [0.15, 0.2) is 24.3 Å². The standard InChI is InChI=1S/C14H18ClNO2/c1-2-16(9-5-8-15)14(17)13-10-11-6-3-4-7-12(11)18-13/h3-4,6-7,13H,2,5,8-10H2,1H3. The number of amides is 1. The van der Waals surface area contributed by atoms with E-state index in [1.807, 2.05) is 36.1 Å².